The first-order valence-corrected chi connectivity index (χ1v) is 6.89. The normalized spacial score (nSPS) is 17.3. The van der Waals surface area contributed by atoms with Crippen molar-refractivity contribution in [2.75, 3.05) is 26.8 Å². The average molecular weight is 294 g/mol. The minimum atomic E-state index is -0.302. The van der Waals surface area contributed by atoms with Gasteiger partial charge in [0.15, 0.2) is 6.10 Å². The maximum Gasteiger partial charge on any atom is 0.248 e. The maximum atomic E-state index is 13.2. The molecule has 0 aliphatic carbocycles. The van der Waals surface area contributed by atoms with Crippen LogP contribution in [0, 0.1) is 5.82 Å². The molecule has 0 saturated heterocycles. The van der Waals surface area contributed by atoms with Crippen molar-refractivity contribution in [1.29, 1.82) is 0 Å². The molecule has 1 atom stereocenters. The van der Waals surface area contributed by atoms with Crippen LogP contribution in [0.15, 0.2) is 29.4 Å². The predicted molar refractivity (Wildman–Crippen MR) is 76.6 cm³/mol. The predicted octanol–water partition coefficient (Wildman–Crippen LogP) is 1.81. The molecule has 5 nitrogen and oxygen atoms in total. The molecule has 1 aliphatic rings. The molecule has 0 radical (unpaired) electrons. The monoisotopic (exact) mass is 294 g/mol. The molecule has 1 unspecified atom stereocenters. The van der Waals surface area contributed by atoms with Gasteiger partial charge in [0.1, 0.15) is 12.4 Å². The fourth-order valence-corrected chi connectivity index (χ4v) is 2.23. The Balaban J connectivity index is 1.93. The van der Waals surface area contributed by atoms with E-state index in [0.717, 1.165) is 0 Å². The quantitative estimate of drug-likeness (QED) is 0.804. The first-order valence-electron chi connectivity index (χ1n) is 6.89. The largest absolute Gasteiger partial charge is 0.390 e. The molecule has 21 heavy (non-hydrogen) atoms. The zero-order valence-corrected chi connectivity index (χ0v) is 12.2. The number of amides is 1. The second-order valence-corrected chi connectivity index (χ2v) is 4.85. The molecule has 0 saturated carbocycles. The van der Waals surface area contributed by atoms with E-state index >= 15 is 0 Å². The van der Waals surface area contributed by atoms with E-state index < -0.39 is 0 Å². The fraction of sp³-hybridized carbons (Fsp3) is 0.467. The third-order valence-electron chi connectivity index (χ3n) is 3.32. The highest BCUT2D eigenvalue weighted by atomic mass is 19.1. The SMILES string of the molecule is CCN(CC1CC(c2cccc(F)c2)=NO1)C(=O)COC. The molecule has 1 aromatic rings. The molecule has 0 fully saturated rings. The van der Waals surface area contributed by atoms with Crippen molar-refractivity contribution in [3.8, 4) is 0 Å². The van der Waals surface area contributed by atoms with Crippen LogP contribution in [0.25, 0.3) is 0 Å². The van der Waals surface area contributed by atoms with E-state index in [1.54, 1.807) is 17.0 Å². The Morgan fingerprint density at radius 2 is 2.38 bits per heavy atom. The molecule has 1 heterocycles. The molecular weight excluding hydrogens is 275 g/mol. The van der Waals surface area contributed by atoms with Crippen molar-refractivity contribution in [2.24, 2.45) is 5.16 Å². The van der Waals surface area contributed by atoms with Gasteiger partial charge < -0.3 is 14.5 Å². The van der Waals surface area contributed by atoms with Gasteiger partial charge >= 0.3 is 0 Å². The van der Waals surface area contributed by atoms with Crippen LogP contribution in [-0.2, 0) is 14.4 Å². The molecule has 1 aromatic carbocycles. The van der Waals surface area contributed by atoms with E-state index in [9.17, 15) is 9.18 Å². The fourth-order valence-electron chi connectivity index (χ4n) is 2.23. The Kier molecular flexibility index (Phi) is 5.27. The second kappa shape index (κ2) is 7.17. The Bertz CT molecular complexity index is 533. The lowest BCUT2D eigenvalue weighted by Crippen LogP contribution is -2.39. The van der Waals surface area contributed by atoms with Crippen LogP contribution in [0.3, 0.4) is 0 Å². The summed E-state index contributed by atoms with van der Waals surface area (Å²) in [4.78, 5) is 18.8. The van der Waals surface area contributed by atoms with Crippen LogP contribution in [0.1, 0.15) is 18.9 Å². The van der Waals surface area contributed by atoms with E-state index in [1.165, 1.54) is 19.2 Å². The van der Waals surface area contributed by atoms with Crippen LogP contribution in [0.4, 0.5) is 4.39 Å². The summed E-state index contributed by atoms with van der Waals surface area (Å²) < 4.78 is 18.1. The Morgan fingerprint density at radius 3 is 3.05 bits per heavy atom. The van der Waals surface area contributed by atoms with Crippen LogP contribution in [0.2, 0.25) is 0 Å². The number of rotatable bonds is 6. The number of ether oxygens (including phenoxy) is 1. The van der Waals surface area contributed by atoms with Gasteiger partial charge in [0.2, 0.25) is 5.91 Å². The zero-order valence-electron chi connectivity index (χ0n) is 12.2. The minimum absolute atomic E-state index is 0.0537. The van der Waals surface area contributed by atoms with Crippen molar-refractivity contribution in [1.82, 2.24) is 4.90 Å². The summed E-state index contributed by atoms with van der Waals surface area (Å²) in [6, 6.07) is 6.25. The highest BCUT2D eigenvalue weighted by Gasteiger charge is 2.26. The van der Waals surface area contributed by atoms with Gasteiger partial charge in [-0.3, -0.25) is 4.79 Å². The molecule has 114 valence electrons. The van der Waals surface area contributed by atoms with Crippen molar-refractivity contribution < 1.29 is 18.8 Å². The lowest BCUT2D eigenvalue weighted by atomic mass is 10.0. The number of benzene rings is 1. The summed E-state index contributed by atoms with van der Waals surface area (Å²) in [6.07, 6.45) is 0.351. The van der Waals surface area contributed by atoms with E-state index in [-0.39, 0.29) is 24.4 Å². The highest BCUT2D eigenvalue weighted by molar-refractivity contribution is 6.01. The smallest absolute Gasteiger partial charge is 0.248 e. The number of oxime groups is 1. The number of halogens is 1. The number of carbonyl (C=O) groups excluding carboxylic acids is 1. The van der Waals surface area contributed by atoms with Gasteiger partial charge in [0.25, 0.3) is 0 Å². The second-order valence-electron chi connectivity index (χ2n) is 4.85. The number of likely N-dealkylation sites (N-methyl/N-ethyl adjacent to an activating group) is 1. The molecule has 1 aliphatic heterocycles. The Hall–Kier alpha value is -1.95. The van der Waals surface area contributed by atoms with Gasteiger partial charge in [-0.2, -0.15) is 0 Å². The lowest BCUT2D eigenvalue weighted by Gasteiger charge is -2.22. The first-order chi connectivity index (χ1) is 10.1. The van der Waals surface area contributed by atoms with E-state index in [0.29, 0.717) is 30.8 Å². The summed E-state index contributed by atoms with van der Waals surface area (Å²) in [6.45, 7) is 2.98. The Morgan fingerprint density at radius 1 is 1.57 bits per heavy atom. The standard InChI is InChI=1S/C15H19FN2O3/c1-3-18(15(19)10-20-2)9-13-8-14(17-21-13)11-5-4-6-12(16)7-11/h4-7,13H,3,8-10H2,1-2H3. The van der Waals surface area contributed by atoms with Crippen molar-refractivity contribution in [3.05, 3.63) is 35.6 Å². The summed E-state index contributed by atoms with van der Waals surface area (Å²) in [5, 5.41) is 4.00. The first kappa shape index (κ1) is 15.4. The van der Waals surface area contributed by atoms with Crippen molar-refractivity contribution >= 4 is 11.6 Å². The summed E-state index contributed by atoms with van der Waals surface area (Å²) in [7, 11) is 1.49. The topological polar surface area (TPSA) is 51.1 Å². The zero-order chi connectivity index (χ0) is 15.2. The summed E-state index contributed by atoms with van der Waals surface area (Å²) in [5.74, 6) is -0.382. The van der Waals surface area contributed by atoms with E-state index in [4.69, 9.17) is 9.57 Å². The van der Waals surface area contributed by atoms with Gasteiger partial charge in [-0.05, 0) is 19.1 Å². The van der Waals surface area contributed by atoms with Gasteiger partial charge in [0, 0.05) is 25.6 Å². The average Bonchev–Trinajstić information content (AvgIpc) is 2.93. The van der Waals surface area contributed by atoms with Gasteiger partial charge in [-0.25, -0.2) is 4.39 Å². The molecular formula is C15H19FN2O3. The van der Waals surface area contributed by atoms with Crippen LogP contribution < -0.4 is 0 Å². The number of nitrogens with zero attached hydrogens (tertiary/aromatic N) is 2. The number of methoxy groups -OCH3 is 1. The Labute approximate surface area is 123 Å². The number of carbonyl (C=O) groups is 1. The lowest BCUT2D eigenvalue weighted by molar-refractivity contribution is -0.136. The third kappa shape index (κ3) is 4.01. The summed E-state index contributed by atoms with van der Waals surface area (Å²) in [5.41, 5.74) is 1.42. The summed E-state index contributed by atoms with van der Waals surface area (Å²) >= 11 is 0. The molecule has 6 heteroatoms. The highest BCUT2D eigenvalue weighted by Crippen LogP contribution is 2.18. The van der Waals surface area contributed by atoms with Crippen molar-refractivity contribution in [2.45, 2.75) is 19.4 Å². The van der Waals surface area contributed by atoms with Gasteiger partial charge in [-0.1, -0.05) is 17.3 Å². The van der Waals surface area contributed by atoms with Gasteiger partial charge in [-0.15, -0.1) is 0 Å². The van der Waals surface area contributed by atoms with Gasteiger partial charge in [0.05, 0.1) is 12.3 Å². The molecule has 0 spiro atoms. The minimum Gasteiger partial charge on any atom is -0.390 e. The number of hydrogen-bond acceptors (Lipinski definition) is 4. The molecule has 0 aromatic heterocycles. The number of hydrogen-bond donors (Lipinski definition) is 0. The van der Waals surface area contributed by atoms with Crippen LogP contribution in [-0.4, -0.2) is 49.4 Å². The molecule has 2 rings (SSSR count). The molecule has 1 amide bonds. The molecule has 0 N–H and O–H groups in total. The van der Waals surface area contributed by atoms with E-state index in [1.807, 2.05) is 6.92 Å². The van der Waals surface area contributed by atoms with Crippen LogP contribution >= 0.6 is 0 Å². The third-order valence-corrected chi connectivity index (χ3v) is 3.32. The maximum absolute atomic E-state index is 13.2. The van der Waals surface area contributed by atoms with Crippen molar-refractivity contribution in [3.63, 3.8) is 0 Å². The van der Waals surface area contributed by atoms with Crippen LogP contribution in [0.5, 0.6) is 0 Å². The molecule has 0 bridgehead atoms. The van der Waals surface area contributed by atoms with E-state index in [2.05, 4.69) is 5.16 Å².